The number of sulfonamides is 1. The van der Waals surface area contributed by atoms with Gasteiger partial charge in [-0.15, -0.1) is 0 Å². The first-order valence-electron chi connectivity index (χ1n) is 11.2. The summed E-state index contributed by atoms with van der Waals surface area (Å²) in [6, 6.07) is 20.1. The molecule has 9 heteroatoms. The second kappa shape index (κ2) is 9.67. The summed E-state index contributed by atoms with van der Waals surface area (Å²) in [5.74, 6) is -0.595. The minimum absolute atomic E-state index is 0.0323. The van der Waals surface area contributed by atoms with Crippen molar-refractivity contribution in [3.63, 3.8) is 0 Å². The van der Waals surface area contributed by atoms with Gasteiger partial charge < -0.3 is 15.6 Å². The fourth-order valence-corrected chi connectivity index (χ4v) is 6.20. The summed E-state index contributed by atoms with van der Waals surface area (Å²) < 4.78 is 49.6. The summed E-state index contributed by atoms with van der Waals surface area (Å²) in [5, 5.41) is 8.48. The lowest BCUT2D eigenvalue weighted by Crippen LogP contribution is -2.53. The molecule has 2 atom stereocenters. The van der Waals surface area contributed by atoms with Gasteiger partial charge in [0.1, 0.15) is 16.7 Å². The van der Waals surface area contributed by atoms with E-state index in [4.69, 9.17) is 10.5 Å². The second-order valence-electron chi connectivity index (χ2n) is 8.93. The van der Waals surface area contributed by atoms with Gasteiger partial charge in [0.2, 0.25) is 10.0 Å². The average molecular weight is 498 g/mol. The zero-order chi connectivity index (χ0) is 25.2. The fraction of sp³-hybridized carbons (Fsp3) is 0.269. The van der Waals surface area contributed by atoms with E-state index in [9.17, 15) is 17.9 Å². The number of aliphatic imine (C=N–C) groups is 1. The van der Waals surface area contributed by atoms with E-state index in [2.05, 4.69) is 9.71 Å². The van der Waals surface area contributed by atoms with Gasteiger partial charge in [0.25, 0.3) is 6.02 Å². The van der Waals surface area contributed by atoms with Crippen LogP contribution in [-0.4, -0.2) is 31.8 Å². The number of nitrogen functional groups attached to an aromatic ring is 1. The fourth-order valence-electron chi connectivity index (χ4n) is 4.43. The summed E-state index contributed by atoms with van der Waals surface area (Å²) in [5.41, 5.74) is 7.53. The Kier molecular flexibility index (Phi) is 6.82. The predicted molar refractivity (Wildman–Crippen MR) is 135 cm³/mol. The molecule has 1 unspecified atom stereocenters. The van der Waals surface area contributed by atoms with E-state index < -0.39 is 32.7 Å². The van der Waals surface area contributed by atoms with Crippen molar-refractivity contribution < 1.29 is 22.7 Å². The zero-order valence-corrected chi connectivity index (χ0v) is 20.3. The summed E-state index contributed by atoms with van der Waals surface area (Å²) in [4.78, 5) is 4.31. The van der Waals surface area contributed by atoms with Crippen LogP contribution in [0.4, 0.5) is 10.1 Å². The van der Waals surface area contributed by atoms with Crippen LogP contribution in [0.2, 0.25) is 0 Å². The lowest BCUT2D eigenvalue weighted by molar-refractivity contribution is 0.0758. The Hall–Kier alpha value is -3.43. The van der Waals surface area contributed by atoms with Crippen molar-refractivity contribution in [1.82, 2.24) is 4.72 Å². The minimum atomic E-state index is -3.97. The van der Waals surface area contributed by atoms with Gasteiger partial charge in [-0.1, -0.05) is 60.7 Å². The van der Waals surface area contributed by atoms with Crippen molar-refractivity contribution in [1.29, 1.82) is 0 Å². The number of nitrogens with one attached hydrogen (secondary N) is 1. The molecule has 1 saturated heterocycles. The topological polar surface area (TPSA) is 114 Å². The highest BCUT2D eigenvalue weighted by Gasteiger charge is 2.48. The number of hydrogen-bond acceptors (Lipinski definition) is 6. The van der Waals surface area contributed by atoms with E-state index in [1.54, 1.807) is 26.0 Å². The summed E-state index contributed by atoms with van der Waals surface area (Å²) in [6.07, 6.45) is 0.0323. The molecule has 4 N–H and O–H groups in total. The van der Waals surface area contributed by atoms with Gasteiger partial charge in [-0.05, 0) is 49.1 Å². The first kappa shape index (κ1) is 24.7. The molecule has 0 aliphatic carbocycles. The molecule has 0 saturated carbocycles. The van der Waals surface area contributed by atoms with Crippen LogP contribution in [0.25, 0.3) is 11.1 Å². The van der Waals surface area contributed by atoms with Crippen LogP contribution >= 0.6 is 0 Å². The quantitative estimate of drug-likeness (QED) is 0.439. The third-order valence-corrected chi connectivity index (χ3v) is 7.87. The number of hydrogen-bond donors (Lipinski definition) is 3. The number of nitrogens with zero attached hydrogens (tertiary/aromatic N) is 1. The zero-order valence-electron chi connectivity index (χ0n) is 19.5. The smallest absolute Gasteiger partial charge is 0.299 e. The maximum absolute atomic E-state index is 14.5. The Morgan fingerprint density at radius 3 is 2.31 bits per heavy atom. The summed E-state index contributed by atoms with van der Waals surface area (Å²) >= 11 is 0. The number of ether oxygens (including phenoxy) is 1. The van der Waals surface area contributed by atoms with E-state index in [-0.39, 0.29) is 30.3 Å². The van der Waals surface area contributed by atoms with Crippen molar-refractivity contribution in [3.05, 3.63) is 89.7 Å². The maximum atomic E-state index is 14.5. The number of aliphatic hydroxyl groups excluding tert-OH is 1. The van der Waals surface area contributed by atoms with Gasteiger partial charge in [-0.25, -0.2) is 22.5 Å². The van der Waals surface area contributed by atoms with Gasteiger partial charge in [-0.3, -0.25) is 0 Å². The van der Waals surface area contributed by atoms with Crippen LogP contribution < -0.4 is 10.5 Å². The molecular formula is C26H28FN3O4S. The van der Waals surface area contributed by atoms with Gasteiger partial charge in [0, 0.05) is 17.9 Å². The molecule has 4 rings (SSSR count). The van der Waals surface area contributed by atoms with Crippen LogP contribution in [0, 0.1) is 5.82 Å². The van der Waals surface area contributed by atoms with E-state index in [0.717, 1.165) is 11.1 Å². The maximum Gasteiger partial charge on any atom is 0.299 e. The number of anilines is 1. The van der Waals surface area contributed by atoms with Gasteiger partial charge in [0.05, 0.1) is 6.04 Å². The van der Waals surface area contributed by atoms with E-state index in [1.807, 2.05) is 42.5 Å². The standard InChI is InChI=1S/C26H28FN3O4S/c1-26(2)24(19-13-11-18(12-14-19)17-7-4-3-5-8-17)35(32,33)30-25(34-26)29-22(15-16-31)23-20(27)9-6-10-21(23)28/h3-14,22,24,31H,15-16,28H2,1-2H3,(H,29,30)/t22-,24?/m0/s1. The number of nitrogens with two attached hydrogens (primary N) is 1. The van der Waals surface area contributed by atoms with E-state index in [0.29, 0.717) is 5.56 Å². The lowest BCUT2D eigenvalue weighted by atomic mass is 9.95. The molecule has 3 aromatic carbocycles. The van der Waals surface area contributed by atoms with Crippen LogP contribution in [0.1, 0.15) is 42.7 Å². The summed E-state index contributed by atoms with van der Waals surface area (Å²) in [6.45, 7) is 3.02. The first-order chi connectivity index (χ1) is 16.6. The number of aliphatic hydroxyl groups is 1. The molecule has 184 valence electrons. The molecule has 1 aliphatic rings. The van der Waals surface area contributed by atoms with Crippen LogP contribution in [0.5, 0.6) is 0 Å². The Morgan fingerprint density at radius 1 is 1.06 bits per heavy atom. The number of benzene rings is 3. The second-order valence-corrected chi connectivity index (χ2v) is 10.7. The number of rotatable bonds is 6. The van der Waals surface area contributed by atoms with E-state index >= 15 is 0 Å². The van der Waals surface area contributed by atoms with Crippen LogP contribution in [0.3, 0.4) is 0 Å². The average Bonchev–Trinajstić information content (AvgIpc) is 2.78. The molecule has 1 aliphatic heterocycles. The van der Waals surface area contributed by atoms with Crippen molar-refractivity contribution in [3.8, 4) is 11.1 Å². The van der Waals surface area contributed by atoms with Crippen LogP contribution in [0.15, 0.2) is 77.8 Å². The van der Waals surface area contributed by atoms with Crippen molar-refractivity contribution >= 4 is 21.7 Å². The Labute approximate surface area is 204 Å². The van der Waals surface area contributed by atoms with Gasteiger partial charge in [-0.2, -0.15) is 0 Å². The van der Waals surface area contributed by atoms with Gasteiger partial charge in [0.15, 0.2) is 0 Å². The monoisotopic (exact) mass is 497 g/mol. The minimum Gasteiger partial charge on any atom is -0.457 e. The molecule has 0 aromatic heterocycles. The third-order valence-electron chi connectivity index (χ3n) is 5.95. The van der Waals surface area contributed by atoms with Crippen molar-refractivity contribution in [2.24, 2.45) is 4.99 Å². The Bertz CT molecular complexity index is 1310. The van der Waals surface area contributed by atoms with Crippen molar-refractivity contribution in [2.45, 2.75) is 37.2 Å². The normalized spacial score (nSPS) is 20.6. The SMILES string of the molecule is CC1(C)OC(=N[C@@H](CCO)c2c(N)cccc2F)NS(=O)(=O)C1c1ccc(-c2ccccc2)cc1. The van der Waals surface area contributed by atoms with Crippen LogP contribution in [-0.2, 0) is 14.8 Å². The first-order valence-corrected chi connectivity index (χ1v) is 12.8. The molecule has 1 fully saturated rings. The molecule has 0 bridgehead atoms. The molecule has 1 heterocycles. The summed E-state index contributed by atoms with van der Waals surface area (Å²) in [7, 11) is -3.97. The molecule has 3 aromatic rings. The highest BCUT2D eigenvalue weighted by atomic mass is 32.2. The molecule has 0 spiro atoms. The molecule has 35 heavy (non-hydrogen) atoms. The molecular weight excluding hydrogens is 469 g/mol. The largest absolute Gasteiger partial charge is 0.457 e. The Balaban J connectivity index is 1.66. The molecule has 7 nitrogen and oxygen atoms in total. The van der Waals surface area contributed by atoms with Crippen molar-refractivity contribution in [2.75, 3.05) is 12.3 Å². The highest BCUT2D eigenvalue weighted by Crippen LogP contribution is 2.40. The highest BCUT2D eigenvalue weighted by molar-refractivity contribution is 7.90. The lowest BCUT2D eigenvalue weighted by Gasteiger charge is -2.39. The third kappa shape index (κ3) is 5.16. The molecule has 0 radical (unpaired) electrons. The molecule has 0 amide bonds. The number of amidine groups is 1. The van der Waals surface area contributed by atoms with E-state index in [1.165, 1.54) is 18.2 Å². The number of halogens is 1. The Morgan fingerprint density at radius 2 is 1.71 bits per heavy atom. The van der Waals surface area contributed by atoms with Gasteiger partial charge >= 0.3 is 0 Å². The predicted octanol–water partition coefficient (Wildman–Crippen LogP) is 4.32.